The second kappa shape index (κ2) is 4.75. The van der Waals surface area contributed by atoms with Gasteiger partial charge in [0.2, 0.25) is 0 Å². The number of piperazine rings is 1. The van der Waals surface area contributed by atoms with Crippen LogP contribution in [0.25, 0.3) is 0 Å². The summed E-state index contributed by atoms with van der Waals surface area (Å²) in [5.74, 6) is 0. The van der Waals surface area contributed by atoms with Gasteiger partial charge in [-0.15, -0.1) is 11.3 Å². The predicted molar refractivity (Wildman–Crippen MR) is 64.8 cm³/mol. The van der Waals surface area contributed by atoms with E-state index in [0.717, 1.165) is 19.6 Å². The van der Waals surface area contributed by atoms with Crippen molar-refractivity contribution in [2.45, 2.75) is 19.5 Å². The zero-order valence-corrected chi connectivity index (χ0v) is 10.7. The standard InChI is InChI=1S/C10H15BrN2S/c1-8-5-13(3-2-12-8)6-10-4-9(11)7-14-10/h4,7-8,12H,2-3,5-6H2,1H3/t8-/m0/s1. The van der Waals surface area contributed by atoms with Crippen LogP contribution in [0.3, 0.4) is 0 Å². The van der Waals surface area contributed by atoms with Gasteiger partial charge < -0.3 is 5.32 Å². The molecule has 1 aromatic rings. The predicted octanol–water partition coefficient (Wildman–Crippen LogP) is 2.30. The minimum atomic E-state index is 0.632. The molecule has 0 bridgehead atoms. The summed E-state index contributed by atoms with van der Waals surface area (Å²) in [6.07, 6.45) is 0. The van der Waals surface area contributed by atoms with Crippen molar-refractivity contribution in [2.75, 3.05) is 19.6 Å². The molecule has 1 fully saturated rings. The Balaban J connectivity index is 1.90. The van der Waals surface area contributed by atoms with Gasteiger partial charge in [-0.1, -0.05) is 0 Å². The Hall–Kier alpha value is 0.1000. The van der Waals surface area contributed by atoms with E-state index in [1.807, 2.05) is 11.3 Å². The Bertz CT molecular complexity index is 300. The highest BCUT2D eigenvalue weighted by molar-refractivity contribution is 9.10. The number of halogens is 1. The number of nitrogens with one attached hydrogen (secondary N) is 1. The van der Waals surface area contributed by atoms with Crippen molar-refractivity contribution in [3.8, 4) is 0 Å². The fourth-order valence-corrected chi connectivity index (χ4v) is 3.31. The van der Waals surface area contributed by atoms with Gasteiger partial charge in [0.05, 0.1) is 0 Å². The highest BCUT2D eigenvalue weighted by Gasteiger charge is 2.15. The molecule has 2 rings (SSSR count). The summed E-state index contributed by atoms with van der Waals surface area (Å²) in [6, 6.07) is 2.85. The summed E-state index contributed by atoms with van der Waals surface area (Å²) in [5, 5.41) is 5.61. The molecule has 0 aliphatic carbocycles. The van der Waals surface area contributed by atoms with Crippen LogP contribution in [0, 0.1) is 0 Å². The Morgan fingerprint density at radius 1 is 1.71 bits per heavy atom. The highest BCUT2D eigenvalue weighted by atomic mass is 79.9. The maximum absolute atomic E-state index is 3.49. The molecule has 1 aliphatic rings. The highest BCUT2D eigenvalue weighted by Crippen LogP contribution is 2.21. The van der Waals surface area contributed by atoms with Gasteiger partial charge in [-0.2, -0.15) is 0 Å². The van der Waals surface area contributed by atoms with Crippen LogP contribution in [0.4, 0.5) is 0 Å². The lowest BCUT2D eigenvalue weighted by Gasteiger charge is -2.31. The van der Waals surface area contributed by atoms with Crippen molar-refractivity contribution in [3.05, 3.63) is 20.8 Å². The van der Waals surface area contributed by atoms with E-state index < -0.39 is 0 Å². The van der Waals surface area contributed by atoms with Crippen LogP contribution < -0.4 is 5.32 Å². The quantitative estimate of drug-likeness (QED) is 0.891. The SMILES string of the molecule is C[C@H]1CN(Cc2cc(Br)cs2)CCN1. The minimum Gasteiger partial charge on any atom is -0.312 e. The first-order chi connectivity index (χ1) is 6.74. The fourth-order valence-electron chi connectivity index (χ4n) is 1.81. The molecule has 0 radical (unpaired) electrons. The largest absolute Gasteiger partial charge is 0.312 e. The number of nitrogens with zero attached hydrogens (tertiary/aromatic N) is 1. The van der Waals surface area contributed by atoms with E-state index >= 15 is 0 Å². The third kappa shape index (κ3) is 2.79. The van der Waals surface area contributed by atoms with Gasteiger partial charge in [-0.3, -0.25) is 4.90 Å². The molecular formula is C10H15BrN2S. The lowest BCUT2D eigenvalue weighted by molar-refractivity contribution is 0.201. The van der Waals surface area contributed by atoms with Crippen molar-refractivity contribution in [2.24, 2.45) is 0 Å². The first kappa shape index (κ1) is 10.6. The molecule has 2 nitrogen and oxygen atoms in total. The van der Waals surface area contributed by atoms with Crippen molar-refractivity contribution in [1.82, 2.24) is 10.2 Å². The Labute approximate surface area is 97.4 Å². The van der Waals surface area contributed by atoms with E-state index in [9.17, 15) is 0 Å². The van der Waals surface area contributed by atoms with Crippen molar-refractivity contribution < 1.29 is 0 Å². The van der Waals surface area contributed by atoms with E-state index in [2.05, 4.69) is 44.5 Å². The van der Waals surface area contributed by atoms with E-state index in [1.54, 1.807) is 0 Å². The lowest BCUT2D eigenvalue weighted by atomic mass is 10.2. The summed E-state index contributed by atoms with van der Waals surface area (Å²) >= 11 is 5.32. The monoisotopic (exact) mass is 274 g/mol. The van der Waals surface area contributed by atoms with Crippen LogP contribution in [-0.4, -0.2) is 30.6 Å². The van der Waals surface area contributed by atoms with Gasteiger partial charge in [-0.25, -0.2) is 0 Å². The lowest BCUT2D eigenvalue weighted by Crippen LogP contribution is -2.48. The van der Waals surface area contributed by atoms with E-state index in [0.29, 0.717) is 6.04 Å². The van der Waals surface area contributed by atoms with Crippen molar-refractivity contribution in [3.63, 3.8) is 0 Å². The fraction of sp³-hybridized carbons (Fsp3) is 0.600. The van der Waals surface area contributed by atoms with E-state index in [4.69, 9.17) is 0 Å². The van der Waals surface area contributed by atoms with Gasteiger partial charge in [0, 0.05) is 47.0 Å². The normalized spacial score (nSPS) is 24.0. The molecule has 0 unspecified atom stereocenters. The molecule has 1 atom stereocenters. The molecule has 2 heterocycles. The average Bonchev–Trinajstić information content (AvgIpc) is 2.51. The third-order valence-corrected chi connectivity index (χ3v) is 4.14. The Morgan fingerprint density at radius 2 is 2.57 bits per heavy atom. The van der Waals surface area contributed by atoms with Crippen LogP contribution in [-0.2, 0) is 6.54 Å². The number of hydrogen-bond donors (Lipinski definition) is 1. The molecule has 14 heavy (non-hydrogen) atoms. The molecule has 0 spiro atoms. The Morgan fingerprint density at radius 3 is 3.21 bits per heavy atom. The number of thiophene rings is 1. The summed E-state index contributed by atoms with van der Waals surface area (Å²) in [4.78, 5) is 3.96. The summed E-state index contributed by atoms with van der Waals surface area (Å²) in [6.45, 7) is 6.79. The average molecular weight is 275 g/mol. The van der Waals surface area contributed by atoms with Crippen molar-refractivity contribution in [1.29, 1.82) is 0 Å². The minimum absolute atomic E-state index is 0.632. The molecule has 1 aliphatic heterocycles. The topological polar surface area (TPSA) is 15.3 Å². The maximum atomic E-state index is 3.49. The zero-order chi connectivity index (χ0) is 9.97. The summed E-state index contributed by atoms with van der Waals surface area (Å²) in [7, 11) is 0. The molecule has 0 amide bonds. The maximum Gasteiger partial charge on any atom is 0.0329 e. The molecule has 78 valence electrons. The van der Waals surface area contributed by atoms with E-state index in [-0.39, 0.29) is 0 Å². The van der Waals surface area contributed by atoms with E-state index in [1.165, 1.54) is 15.9 Å². The van der Waals surface area contributed by atoms with Crippen LogP contribution >= 0.6 is 27.3 Å². The van der Waals surface area contributed by atoms with Gasteiger partial charge in [-0.05, 0) is 28.9 Å². The van der Waals surface area contributed by atoms with Crippen LogP contribution in [0.5, 0.6) is 0 Å². The molecule has 1 saturated heterocycles. The summed E-state index contributed by atoms with van der Waals surface area (Å²) in [5.41, 5.74) is 0. The summed E-state index contributed by atoms with van der Waals surface area (Å²) < 4.78 is 1.21. The van der Waals surface area contributed by atoms with Gasteiger partial charge in [0.25, 0.3) is 0 Å². The molecule has 0 saturated carbocycles. The smallest absolute Gasteiger partial charge is 0.0329 e. The number of hydrogen-bond acceptors (Lipinski definition) is 3. The Kier molecular flexibility index (Phi) is 3.60. The third-order valence-electron chi connectivity index (χ3n) is 2.45. The molecule has 1 aromatic heterocycles. The first-order valence-electron chi connectivity index (χ1n) is 4.92. The molecule has 1 N–H and O–H groups in total. The molecule has 4 heteroatoms. The van der Waals surface area contributed by atoms with Crippen LogP contribution in [0.15, 0.2) is 15.9 Å². The second-order valence-electron chi connectivity index (χ2n) is 3.82. The molecular weight excluding hydrogens is 260 g/mol. The van der Waals surface area contributed by atoms with Crippen LogP contribution in [0.2, 0.25) is 0 Å². The first-order valence-corrected chi connectivity index (χ1v) is 6.60. The second-order valence-corrected chi connectivity index (χ2v) is 5.73. The van der Waals surface area contributed by atoms with Gasteiger partial charge in [0.15, 0.2) is 0 Å². The van der Waals surface area contributed by atoms with Gasteiger partial charge in [0.1, 0.15) is 0 Å². The zero-order valence-electron chi connectivity index (χ0n) is 8.29. The molecule has 0 aromatic carbocycles. The van der Waals surface area contributed by atoms with Crippen molar-refractivity contribution >= 4 is 27.3 Å². The number of rotatable bonds is 2. The van der Waals surface area contributed by atoms with Gasteiger partial charge >= 0.3 is 0 Å². The van der Waals surface area contributed by atoms with Crippen LogP contribution in [0.1, 0.15) is 11.8 Å².